The van der Waals surface area contributed by atoms with E-state index in [0.717, 1.165) is 6.42 Å². The molecule has 0 saturated carbocycles. The predicted octanol–water partition coefficient (Wildman–Crippen LogP) is 3.83. The molecular weight excluding hydrogens is 236 g/mol. The highest BCUT2D eigenvalue weighted by molar-refractivity contribution is 5.86. The quantitative estimate of drug-likeness (QED) is 0.777. The van der Waals surface area contributed by atoms with Crippen LogP contribution in [0.2, 0.25) is 0 Å². The van der Waals surface area contributed by atoms with Crippen LogP contribution in [0.3, 0.4) is 0 Å². The maximum atomic E-state index is 11.9. The maximum absolute atomic E-state index is 11.9. The van der Waals surface area contributed by atoms with Crippen molar-refractivity contribution in [1.29, 1.82) is 0 Å². The monoisotopic (exact) mass is 256 g/mol. The molecule has 0 amide bonds. The number of hydrogen-bond acceptors (Lipinski definition) is 2. The molecule has 2 nitrogen and oxygen atoms in total. The second-order valence-corrected chi connectivity index (χ2v) is 5.22. The van der Waals surface area contributed by atoms with Gasteiger partial charge in [0, 0.05) is 0 Å². The Bertz CT molecular complexity index is 567. The molecule has 0 N–H and O–H groups in total. The molecule has 0 bridgehead atoms. The summed E-state index contributed by atoms with van der Waals surface area (Å²) in [4.78, 5) is 11.9. The molecule has 1 unspecified atom stereocenters. The summed E-state index contributed by atoms with van der Waals surface area (Å²) < 4.78 is 4.92. The molecule has 0 radical (unpaired) electrons. The van der Waals surface area contributed by atoms with Gasteiger partial charge in [-0.2, -0.15) is 0 Å². The topological polar surface area (TPSA) is 26.3 Å². The lowest BCUT2D eigenvalue weighted by molar-refractivity contribution is -0.146. The van der Waals surface area contributed by atoms with E-state index in [1.165, 1.54) is 23.4 Å². The van der Waals surface area contributed by atoms with E-state index in [1.54, 1.807) is 0 Å². The van der Waals surface area contributed by atoms with Gasteiger partial charge in [-0.15, -0.1) is 0 Å². The van der Waals surface area contributed by atoms with Crippen LogP contribution in [0.25, 0.3) is 10.8 Å². The van der Waals surface area contributed by atoms with Gasteiger partial charge in [-0.25, -0.2) is 0 Å². The lowest BCUT2D eigenvalue weighted by Crippen LogP contribution is -2.24. The van der Waals surface area contributed by atoms with Gasteiger partial charge in [-0.3, -0.25) is 4.79 Å². The van der Waals surface area contributed by atoms with Gasteiger partial charge >= 0.3 is 5.97 Å². The third-order valence-corrected chi connectivity index (χ3v) is 3.63. The Kier molecular flexibility index (Phi) is 4.20. The van der Waals surface area contributed by atoms with E-state index in [1.807, 2.05) is 18.2 Å². The summed E-state index contributed by atoms with van der Waals surface area (Å²) in [5.41, 5.74) is 1.21. The highest BCUT2D eigenvalue weighted by Crippen LogP contribution is 2.24. The van der Waals surface area contributed by atoms with Crippen molar-refractivity contribution < 1.29 is 9.53 Å². The molecule has 0 aliphatic rings. The molecule has 0 aliphatic heterocycles. The average molecular weight is 256 g/mol. The first-order valence-electron chi connectivity index (χ1n) is 6.68. The summed E-state index contributed by atoms with van der Waals surface area (Å²) in [7, 11) is 1.46. The SMILES string of the molecule is COC(=O)C(Cc1cccc2ccccc12)C(C)C. The van der Waals surface area contributed by atoms with E-state index < -0.39 is 0 Å². The summed E-state index contributed by atoms with van der Waals surface area (Å²) in [6, 6.07) is 14.5. The number of benzene rings is 2. The zero-order chi connectivity index (χ0) is 13.8. The largest absolute Gasteiger partial charge is 0.469 e. The molecule has 2 heteroatoms. The first kappa shape index (κ1) is 13.6. The van der Waals surface area contributed by atoms with Crippen LogP contribution in [0, 0.1) is 11.8 Å². The van der Waals surface area contributed by atoms with Gasteiger partial charge in [0.05, 0.1) is 13.0 Å². The Morgan fingerprint density at radius 3 is 2.47 bits per heavy atom. The van der Waals surface area contributed by atoms with Gasteiger partial charge in [0.2, 0.25) is 0 Å². The van der Waals surface area contributed by atoms with Gasteiger partial charge in [-0.1, -0.05) is 56.3 Å². The van der Waals surface area contributed by atoms with Crippen molar-refractivity contribution in [3.63, 3.8) is 0 Å². The lowest BCUT2D eigenvalue weighted by Gasteiger charge is -2.19. The molecule has 2 rings (SSSR count). The normalized spacial score (nSPS) is 12.6. The third kappa shape index (κ3) is 2.95. The molecule has 0 spiro atoms. The smallest absolute Gasteiger partial charge is 0.309 e. The predicted molar refractivity (Wildman–Crippen MR) is 78.0 cm³/mol. The van der Waals surface area contributed by atoms with Crippen LogP contribution in [0.4, 0.5) is 0 Å². The third-order valence-electron chi connectivity index (χ3n) is 3.63. The number of ether oxygens (including phenoxy) is 1. The minimum absolute atomic E-state index is 0.0872. The molecule has 19 heavy (non-hydrogen) atoms. The molecule has 1 atom stereocenters. The van der Waals surface area contributed by atoms with Gasteiger partial charge in [0.15, 0.2) is 0 Å². The Hall–Kier alpha value is -1.83. The molecule has 100 valence electrons. The Labute approximate surface area is 114 Å². The Balaban J connectivity index is 2.36. The van der Waals surface area contributed by atoms with Crippen LogP contribution < -0.4 is 0 Å². The van der Waals surface area contributed by atoms with E-state index >= 15 is 0 Å². The number of methoxy groups -OCH3 is 1. The number of rotatable bonds is 4. The van der Waals surface area contributed by atoms with Crippen molar-refractivity contribution in [3.8, 4) is 0 Å². The van der Waals surface area contributed by atoms with E-state index in [0.29, 0.717) is 0 Å². The fourth-order valence-corrected chi connectivity index (χ4v) is 2.45. The Morgan fingerprint density at radius 1 is 1.11 bits per heavy atom. The number of hydrogen-bond donors (Lipinski definition) is 0. The van der Waals surface area contributed by atoms with Crippen molar-refractivity contribution in [3.05, 3.63) is 48.0 Å². The molecule has 0 aliphatic carbocycles. The fourth-order valence-electron chi connectivity index (χ4n) is 2.45. The maximum Gasteiger partial charge on any atom is 0.309 e. The molecule has 2 aromatic rings. The molecule has 2 aromatic carbocycles. The van der Waals surface area contributed by atoms with Crippen molar-refractivity contribution in [1.82, 2.24) is 0 Å². The van der Waals surface area contributed by atoms with Crippen LogP contribution in [-0.4, -0.2) is 13.1 Å². The number of carbonyl (C=O) groups excluding carboxylic acids is 1. The number of carbonyl (C=O) groups is 1. The molecule has 0 heterocycles. The number of fused-ring (bicyclic) bond motifs is 1. The van der Waals surface area contributed by atoms with E-state index in [4.69, 9.17) is 4.74 Å². The second kappa shape index (κ2) is 5.87. The molecule has 0 aromatic heterocycles. The minimum atomic E-state index is -0.122. The summed E-state index contributed by atoms with van der Waals surface area (Å²) in [6.07, 6.45) is 0.728. The summed E-state index contributed by atoms with van der Waals surface area (Å²) >= 11 is 0. The summed E-state index contributed by atoms with van der Waals surface area (Å²) in [5, 5.41) is 2.44. The van der Waals surface area contributed by atoms with Gasteiger partial charge in [0.1, 0.15) is 0 Å². The molecule has 0 fully saturated rings. The number of esters is 1. The van der Waals surface area contributed by atoms with Crippen LogP contribution in [0.5, 0.6) is 0 Å². The highest BCUT2D eigenvalue weighted by Gasteiger charge is 2.23. The first-order chi connectivity index (χ1) is 9.13. The van der Waals surface area contributed by atoms with E-state index in [2.05, 4.69) is 38.1 Å². The second-order valence-electron chi connectivity index (χ2n) is 5.22. The standard InChI is InChI=1S/C17H20O2/c1-12(2)16(17(18)19-3)11-14-9-6-8-13-7-4-5-10-15(13)14/h4-10,12,16H,11H2,1-3H3. The zero-order valence-corrected chi connectivity index (χ0v) is 11.7. The van der Waals surface area contributed by atoms with Crippen LogP contribution in [0.1, 0.15) is 19.4 Å². The van der Waals surface area contributed by atoms with E-state index in [9.17, 15) is 4.79 Å². The van der Waals surface area contributed by atoms with Crippen LogP contribution in [0.15, 0.2) is 42.5 Å². The molecule has 0 saturated heterocycles. The first-order valence-corrected chi connectivity index (χ1v) is 6.68. The summed E-state index contributed by atoms with van der Waals surface area (Å²) in [6.45, 7) is 4.12. The zero-order valence-electron chi connectivity index (χ0n) is 11.7. The molecular formula is C17H20O2. The van der Waals surface area contributed by atoms with Gasteiger partial charge in [0.25, 0.3) is 0 Å². The lowest BCUT2D eigenvalue weighted by atomic mass is 9.87. The van der Waals surface area contributed by atoms with Crippen LogP contribution >= 0.6 is 0 Å². The average Bonchev–Trinajstić information content (AvgIpc) is 2.43. The van der Waals surface area contributed by atoms with Crippen molar-refractivity contribution in [2.24, 2.45) is 11.8 Å². The highest BCUT2D eigenvalue weighted by atomic mass is 16.5. The van der Waals surface area contributed by atoms with Crippen molar-refractivity contribution >= 4 is 16.7 Å². The fraction of sp³-hybridized carbons (Fsp3) is 0.353. The van der Waals surface area contributed by atoms with Gasteiger partial charge < -0.3 is 4.74 Å². The van der Waals surface area contributed by atoms with Crippen molar-refractivity contribution in [2.75, 3.05) is 7.11 Å². The summed E-state index contributed by atoms with van der Waals surface area (Å²) in [5.74, 6) is 0.0603. The van der Waals surface area contributed by atoms with Crippen molar-refractivity contribution in [2.45, 2.75) is 20.3 Å². The van der Waals surface area contributed by atoms with Crippen LogP contribution in [-0.2, 0) is 16.0 Å². The van der Waals surface area contributed by atoms with E-state index in [-0.39, 0.29) is 17.8 Å². The van der Waals surface area contributed by atoms with Gasteiger partial charge in [-0.05, 0) is 28.7 Å². The Morgan fingerprint density at radius 2 is 1.79 bits per heavy atom. The minimum Gasteiger partial charge on any atom is -0.469 e.